The molecule has 3 aromatic rings. The maximum Gasteiger partial charge on any atom is 0.229 e. The van der Waals surface area contributed by atoms with E-state index in [0.29, 0.717) is 0 Å². The van der Waals surface area contributed by atoms with Gasteiger partial charge in [-0.15, -0.1) is 0 Å². The minimum Gasteiger partial charge on any atom is -0.504 e. The number of aliphatic hydroxyl groups excluding tert-OH is 4. The fourth-order valence-electron chi connectivity index (χ4n) is 3.69. The van der Waals surface area contributed by atoms with Crippen molar-refractivity contribution in [2.45, 2.75) is 30.7 Å². The smallest absolute Gasteiger partial charge is 0.229 e. The number of phenolic OH excluding ortho intramolecular Hbond substituents is 1. The molecule has 5 atom stereocenters. The maximum atomic E-state index is 13.4. The Labute approximate surface area is 180 Å². The highest BCUT2D eigenvalue weighted by atomic mass is 16.7. The summed E-state index contributed by atoms with van der Waals surface area (Å²) in [6.07, 6.45) is -7.80. The number of para-hydroxylation sites is 1. The number of hydrogen-bond acceptors (Lipinski definition) is 11. The van der Waals surface area contributed by atoms with Crippen LogP contribution in [0.25, 0.3) is 21.9 Å². The lowest BCUT2D eigenvalue weighted by molar-refractivity contribution is -0.277. The molecule has 11 nitrogen and oxygen atoms in total. The first-order valence-corrected chi connectivity index (χ1v) is 9.63. The van der Waals surface area contributed by atoms with E-state index in [1.54, 1.807) is 12.1 Å². The van der Waals surface area contributed by atoms with Crippen LogP contribution in [0, 0.1) is 0 Å². The average Bonchev–Trinajstić information content (AvgIpc) is 2.79. The number of phenols is 1. The molecular weight excluding hydrogens is 428 g/mol. The van der Waals surface area contributed by atoms with Crippen LogP contribution in [0.4, 0.5) is 0 Å². The van der Waals surface area contributed by atoms with Crippen LogP contribution in [-0.4, -0.2) is 77.1 Å². The molecule has 1 aliphatic heterocycles. The summed E-state index contributed by atoms with van der Waals surface area (Å²) in [4.78, 5) is 13.4. The van der Waals surface area contributed by atoms with Crippen molar-refractivity contribution in [2.24, 2.45) is 0 Å². The second-order valence-electron chi connectivity index (χ2n) is 7.21. The molecule has 5 N–H and O–H groups in total. The van der Waals surface area contributed by atoms with Gasteiger partial charge in [0, 0.05) is 6.07 Å². The standard InChI is InChI=1S/C21H22O11/c1-28-10-5-3-4-8-14(24)13-11(6-9(23)19(29-2)20(13)32-18(8)10)30-21-17(27)16(26)15(25)12(7-22)31-21/h3-6,12,15-17,21-23,25-27H,7H2,1-2H3/t12-,15-,16+,17-,21-/m1/s1. The predicted molar refractivity (Wildman–Crippen MR) is 109 cm³/mol. The summed E-state index contributed by atoms with van der Waals surface area (Å²) < 4.78 is 27.3. The number of rotatable bonds is 5. The Morgan fingerprint density at radius 1 is 1.00 bits per heavy atom. The Morgan fingerprint density at radius 2 is 1.75 bits per heavy atom. The van der Waals surface area contributed by atoms with Gasteiger partial charge in [-0.1, -0.05) is 6.07 Å². The normalized spacial score (nSPS) is 25.8. The molecule has 32 heavy (non-hydrogen) atoms. The van der Waals surface area contributed by atoms with Gasteiger partial charge in [0.2, 0.25) is 17.5 Å². The first-order valence-electron chi connectivity index (χ1n) is 9.63. The van der Waals surface area contributed by atoms with Crippen LogP contribution in [0.3, 0.4) is 0 Å². The van der Waals surface area contributed by atoms with E-state index in [4.69, 9.17) is 23.4 Å². The lowest BCUT2D eigenvalue weighted by Gasteiger charge is -2.39. The molecule has 4 rings (SSSR count). The second-order valence-corrected chi connectivity index (χ2v) is 7.21. The van der Waals surface area contributed by atoms with Gasteiger partial charge in [0.15, 0.2) is 22.7 Å². The van der Waals surface area contributed by atoms with E-state index >= 15 is 0 Å². The van der Waals surface area contributed by atoms with E-state index in [1.165, 1.54) is 20.3 Å². The molecule has 1 fully saturated rings. The molecule has 1 aliphatic rings. The molecule has 0 radical (unpaired) electrons. The van der Waals surface area contributed by atoms with Gasteiger partial charge in [-0.3, -0.25) is 4.79 Å². The van der Waals surface area contributed by atoms with Crippen molar-refractivity contribution < 1.29 is 48.9 Å². The molecule has 0 bridgehead atoms. The topological polar surface area (TPSA) is 168 Å². The Morgan fingerprint density at radius 3 is 2.41 bits per heavy atom. The molecule has 0 spiro atoms. The fourth-order valence-corrected chi connectivity index (χ4v) is 3.69. The number of hydrogen-bond donors (Lipinski definition) is 5. The second kappa shape index (κ2) is 8.45. The summed E-state index contributed by atoms with van der Waals surface area (Å²) in [6, 6.07) is 5.78. The van der Waals surface area contributed by atoms with Crippen molar-refractivity contribution in [1.82, 2.24) is 0 Å². The number of ether oxygens (including phenoxy) is 4. The summed E-state index contributed by atoms with van der Waals surface area (Å²) in [7, 11) is 2.69. The third-order valence-electron chi connectivity index (χ3n) is 5.35. The molecule has 0 aliphatic carbocycles. The highest BCUT2D eigenvalue weighted by molar-refractivity contribution is 5.98. The lowest BCUT2D eigenvalue weighted by atomic mass is 9.99. The van der Waals surface area contributed by atoms with Crippen LogP contribution < -0.4 is 19.6 Å². The summed E-state index contributed by atoms with van der Waals surface area (Å²) >= 11 is 0. The number of methoxy groups -OCH3 is 2. The van der Waals surface area contributed by atoms with E-state index in [-0.39, 0.29) is 39.2 Å². The van der Waals surface area contributed by atoms with E-state index < -0.39 is 48.5 Å². The molecule has 11 heteroatoms. The van der Waals surface area contributed by atoms with Crippen molar-refractivity contribution in [3.8, 4) is 23.0 Å². The molecule has 0 saturated carbocycles. The Bertz CT molecular complexity index is 1200. The third kappa shape index (κ3) is 3.40. The van der Waals surface area contributed by atoms with Crippen LogP contribution in [0.15, 0.2) is 33.5 Å². The summed E-state index contributed by atoms with van der Waals surface area (Å²) in [5, 5.41) is 50.1. The highest BCUT2D eigenvalue weighted by Gasteiger charge is 2.45. The van der Waals surface area contributed by atoms with Gasteiger partial charge < -0.3 is 48.9 Å². The molecule has 0 unspecified atom stereocenters. The van der Waals surface area contributed by atoms with Crippen molar-refractivity contribution in [3.63, 3.8) is 0 Å². The molecule has 2 aromatic carbocycles. The number of aliphatic hydroxyl groups is 4. The first-order chi connectivity index (χ1) is 15.3. The Kier molecular flexibility index (Phi) is 5.84. The van der Waals surface area contributed by atoms with Crippen LogP contribution in [0.2, 0.25) is 0 Å². The van der Waals surface area contributed by atoms with Gasteiger partial charge >= 0.3 is 0 Å². The van der Waals surface area contributed by atoms with Crippen molar-refractivity contribution in [2.75, 3.05) is 20.8 Å². The molecule has 1 saturated heterocycles. The minimum absolute atomic E-state index is 0.121. The third-order valence-corrected chi connectivity index (χ3v) is 5.35. The van der Waals surface area contributed by atoms with Crippen LogP contribution in [0.5, 0.6) is 23.0 Å². The van der Waals surface area contributed by atoms with E-state index in [2.05, 4.69) is 0 Å². The van der Waals surface area contributed by atoms with Gasteiger partial charge in [-0.2, -0.15) is 0 Å². The Hall–Kier alpha value is -3.09. The van der Waals surface area contributed by atoms with Crippen molar-refractivity contribution >= 4 is 21.9 Å². The largest absolute Gasteiger partial charge is 0.504 e. The molecule has 1 aromatic heterocycles. The molecule has 0 amide bonds. The van der Waals surface area contributed by atoms with Gasteiger partial charge in [0.05, 0.1) is 26.2 Å². The summed E-state index contributed by atoms with van der Waals surface area (Å²) in [5.74, 6) is -0.521. The Balaban J connectivity index is 1.92. The molecule has 2 heterocycles. The zero-order valence-electron chi connectivity index (χ0n) is 17.1. The highest BCUT2D eigenvalue weighted by Crippen LogP contribution is 2.42. The summed E-state index contributed by atoms with van der Waals surface area (Å²) in [5.41, 5.74) is -0.567. The van der Waals surface area contributed by atoms with E-state index in [1.807, 2.05) is 0 Å². The summed E-state index contributed by atoms with van der Waals surface area (Å²) in [6.45, 7) is -0.661. The zero-order chi connectivity index (χ0) is 23.2. The van der Waals surface area contributed by atoms with Crippen molar-refractivity contribution in [3.05, 3.63) is 34.5 Å². The monoisotopic (exact) mass is 450 g/mol. The maximum absolute atomic E-state index is 13.4. The van der Waals surface area contributed by atoms with E-state index in [9.17, 15) is 30.3 Å². The first kappa shape index (κ1) is 22.1. The number of aromatic hydroxyl groups is 1. The number of benzene rings is 2. The van der Waals surface area contributed by atoms with Gasteiger partial charge in [0.25, 0.3) is 0 Å². The minimum atomic E-state index is -1.72. The quantitative estimate of drug-likeness (QED) is 0.328. The average molecular weight is 450 g/mol. The van der Waals surface area contributed by atoms with Crippen LogP contribution in [-0.2, 0) is 4.74 Å². The van der Waals surface area contributed by atoms with Gasteiger partial charge in [-0.25, -0.2) is 0 Å². The van der Waals surface area contributed by atoms with Crippen LogP contribution in [0.1, 0.15) is 0 Å². The lowest BCUT2D eigenvalue weighted by Crippen LogP contribution is -2.60. The van der Waals surface area contributed by atoms with E-state index in [0.717, 1.165) is 6.07 Å². The predicted octanol–water partition coefficient (Wildman–Crippen LogP) is -0.152. The number of fused-ring (bicyclic) bond motifs is 2. The van der Waals surface area contributed by atoms with Gasteiger partial charge in [-0.05, 0) is 12.1 Å². The fraction of sp³-hybridized carbons (Fsp3) is 0.381. The van der Waals surface area contributed by atoms with Crippen molar-refractivity contribution in [1.29, 1.82) is 0 Å². The van der Waals surface area contributed by atoms with Crippen LogP contribution >= 0.6 is 0 Å². The molecule has 172 valence electrons. The zero-order valence-corrected chi connectivity index (χ0v) is 17.1. The van der Waals surface area contributed by atoms with Gasteiger partial charge in [0.1, 0.15) is 35.6 Å². The molecular formula is C21H22O11. The SMILES string of the molecule is COc1cccc2c(=O)c3c(O[C@@H]4O[C@H](CO)[C@@H](O)[C@H](O)[C@H]4O)cc(O)c(OC)c3oc12.